The van der Waals surface area contributed by atoms with Crippen molar-refractivity contribution >= 4 is 41.3 Å². The second-order valence-corrected chi connectivity index (χ2v) is 9.72. The van der Waals surface area contributed by atoms with Crippen LogP contribution in [0.15, 0.2) is 39.9 Å². The maximum Gasteiger partial charge on any atom is 0.273 e. The smallest absolute Gasteiger partial charge is 0.273 e. The van der Waals surface area contributed by atoms with E-state index in [0.29, 0.717) is 29.1 Å². The molecule has 142 valence electrons. The topological polar surface area (TPSA) is 97.7 Å². The minimum Gasteiger partial charge on any atom is -0.455 e. The summed E-state index contributed by atoms with van der Waals surface area (Å²) < 4.78 is 5.56. The number of nitro benzene ring substituents is 1. The third kappa shape index (κ3) is 4.92. The van der Waals surface area contributed by atoms with Gasteiger partial charge in [-0.2, -0.15) is 5.10 Å². The first-order valence-corrected chi connectivity index (χ1v) is 10.3. The van der Waals surface area contributed by atoms with Gasteiger partial charge in [0.2, 0.25) is 5.91 Å². The molecule has 9 heteroatoms. The second kappa shape index (κ2) is 8.18. The number of furan rings is 1. The van der Waals surface area contributed by atoms with Crippen LogP contribution in [0.1, 0.15) is 24.7 Å². The van der Waals surface area contributed by atoms with Gasteiger partial charge in [-0.25, -0.2) is 5.43 Å². The van der Waals surface area contributed by atoms with Gasteiger partial charge in [0.1, 0.15) is 11.5 Å². The Bertz CT molecular complexity index is 888. The van der Waals surface area contributed by atoms with Crippen LogP contribution in [0, 0.1) is 17.0 Å². The summed E-state index contributed by atoms with van der Waals surface area (Å²) in [6.07, 6.45) is 1.82. The largest absolute Gasteiger partial charge is 0.455 e. The molecular weight excluding hydrogens is 386 g/mol. The molecule has 0 radical (unpaired) electrons. The van der Waals surface area contributed by atoms with Gasteiger partial charge in [-0.1, -0.05) is 12.1 Å². The standard InChI is InChI=1S/C18H19N3O4S2/c1-12-3-4-13(9-15(12)21(23)24)16-6-5-14(25-16)11-19-20-17(22)10-18(2)26-7-8-27-18/h3-6,9,11H,7-8,10H2,1-2H3,(H,20,22)/b19-11-. The first-order chi connectivity index (χ1) is 12.9. The lowest BCUT2D eigenvalue weighted by molar-refractivity contribution is -0.385. The Balaban J connectivity index is 1.62. The molecule has 0 atom stereocenters. The number of nitrogens with one attached hydrogen (secondary N) is 1. The number of amides is 1. The molecule has 0 aliphatic carbocycles. The van der Waals surface area contributed by atoms with Crippen LogP contribution in [0.2, 0.25) is 0 Å². The molecular formula is C18H19N3O4S2. The van der Waals surface area contributed by atoms with Crippen molar-refractivity contribution < 1.29 is 14.1 Å². The van der Waals surface area contributed by atoms with E-state index < -0.39 is 4.92 Å². The number of hydrogen-bond acceptors (Lipinski definition) is 7. The van der Waals surface area contributed by atoms with Gasteiger partial charge in [-0.3, -0.25) is 14.9 Å². The van der Waals surface area contributed by atoms with Crippen LogP contribution >= 0.6 is 23.5 Å². The molecule has 0 bridgehead atoms. The molecule has 0 saturated carbocycles. The van der Waals surface area contributed by atoms with Crippen LogP contribution in [0.5, 0.6) is 0 Å². The number of nitrogens with zero attached hydrogens (tertiary/aromatic N) is 2. The second-order valence-electron chi connectivity index (χ2n) is 6.26. The van der Waals surface area contributed by atoms with E-state index in [-0.39, 0.29) is 15.7 Å². The average molecular weight is 406 g/mol. The zero-order valence-electron chi connectivity index (χ0n) is 14.9. The molecule has 1 fully saturated rings. The molecule has 7 nitrogen and oxygen atoms in total. The summed E-state index contributed by atoms with van der Waals surface area (Å²) in [6.45, 7) is 3.76. The summed E-state index contributed by atoms with van der Waals surface area (Å²) in [7, 11) is 0. The van der Waals surface area contributed by atoms with Gasteiger partial charge in [0.25, 0.3) is 5.69 Å². The Morgan fingerprint density at radius 3 is 2.81 bits per heavy atom. The maximum absolute atomic E-state index is 12.0. The molecule has 27 heavy (non-hydrogen) atoms. The van der Waals surface area contributed by atoms with Crippen LogP contribution in [-0.2, 0) is 4.79 Å². The van der Waals surface area contributed by atoms with Gasteiger partial charge < -0.3 is 4.42 Å². The summed E-state index contributed by atoms with van der Waals surface area (Å²) in [5, 5.41) is 15.0. The minimum atomic E-state index is -0.416. The van der Waals surface area contributed by atoms with Crippen LogP contribution in [0.25, 0.3) is 11.3 Å². The highest BCUT2D eigenvalue weighted by atomic mass is 32.2. The van der Waals surface area contributed by atoms with Crippen molar-refractivity contribution in [1.29, 1.82) is 0 Å². The fourth-order valence-electron chi connectivity index (χ4n) is 2.69. The molecule has 0 unspecified atom stereocenters. The third-order valence-corrected chi connectivity index (χ3v) is 7.37. The number of rotatable bonds is 6. The zero-order valence-corrected chi connectivity index (χ0v) is 16.6. The highest BCUT2D eigenvalue weighted by molar-refractivity contribution is 8.21. The first kappa shape index (κ1) is 19.5. The number of carbonyl (C=O) groups is 1. The normalized spacial score (nSPS) is 15.9. The summed E-state index contributed by atoms with van der Waals surface area (Å²) >= 11 is 3.58. The Morgan fingerprint density at radius 1 is 1.37 bits per heavy atom. The van der Waals surface area contributed by atoms with Gasteiger partial charge in [0.15, 0.2) is 0 Å². The van der Waals surface area contributed by atoms with E-state index in [4.69, 9.17) is 4.42 Å². The van der Waals surface area contributed by atoms with Crippen molar-refractivity contribution in [1.82, 2.24) is 5.43 Å². The third-order valence-electron chi connectivity index (χ3n) is 4.08. The number of benzene rings is 1. The predicted octanol–water partition coefficient (Wildman–Crippen LogP) is 4.20. The van der Waals surface area contributed by atoms with Crippen molar-refractivity contribution in [3.63, 3.8) is 0 Å². The van der Waals surface area contributed by atoms with Crippen molar-refractivity contribution in [2.24, 2.45) is 5.10 Å². The van der Waals surface area contributed by atoms with E-state index >= 15 is 0 Å². The molecule has 2 aromatic rings. The predicted molar refractivity (Wildman–Crippen MR) is 109 cm³/mol. The number of nitro groups is 1. The number of aryl methyl sites for hydroxylation is 1. The lowest BCUT2D eigenvalue weighted by Crippen LogP contribution is -2.26. The zero-order chi connectivity index (χ0) is 19.4. The Labute approximate surface area is 165 Å². The van der Waals surface area contributed by atoms with Gasteiger partial charge in [0.05, 0.1) is 21.6 Å². The van der Waals surface area contributed by atoms with Crippen LogP contribution in [0.4, 0.5) is 5.69 Å². The number of hydrogen-bond donors (Lipinski definition) is 1. The summed E-state index contributed by atoms with van der Waals surface area (Å²) in [4.78, 5) is 22.7. The Morgan fingerprint density at radius 2 is 2.11 bits per heavy atom. The van der Waals surface area contributed by atoms with Crippen molar-refractivity contribution in [3.8, 4) is 11.3 Å². The molecule has 1 amide bonds. The molecule has 1 aliphatic rings. The number of thioether (sulfide) groups is 2. The average Bonchev–Trinajstić information content (AvgIpc) is 3.24. The fraction of sp³-hybridized carbons (Fsp3) is 0.333. The number of carbonyl (C=O) groups excluding carboxylic acids is 1. The molecule has 1 aromatic carbocycles. The van der Waals surface area contributed by atoms with Crippen LogP contribution in [0.3, 0.4) is 0 Å². The van der Waals surface area contributed by atoms with Crippen molar-refractivity contribution in [3.05, 3.63) is 51.8 Å². The van der Waals surface area contributed by atoms with Gasteiger partial charge in [-0.05, 0) is 26.0 Å². The lowest BCUT2D eigenvalue weighted by Gasteiger charge is -2.19. The number of hydrazone groups is 1. The van der Waals surface area contributed by atoms with E-state index in [1.54, 1.807) is 54.7 Å². The molecule has 1 aliphatic heterocycles. The quantitative estimate of drug-likeness (QED) is 0.439. The minimum absolute atomic E-state index is 0.0440. The van der Waals surface area contributed by atoms with Crippen LogP contribution < -0.4 is 5.43 Å². The van der Waals surface area contributed by atoms with E-state index in [2.05, 4.69) is 17.5 Å². The summed E-state index contributed by atoms with van der Waals surface area (Å²) in [6, 6.07) is 8.34. The van der Waals surface area contributed by atoms with E-state index in [1.807, 2.05) is 0 Å². The van der Waals surface area contributed by atoms with E-state index in [0.717, 1.165) is 11.5 Å². The van der Waals surface area contributed by atoms with Gasteiger partial charge in [-0.15, -0.1) is 23.5 Å². The SMILES string of the molecule is Cc1ccc(-c2ccc(/C=N\NC(=O)CC3(C)SCCS3)o2)cc1[N+](=O)[O-]. The molecule has 3 rings (SSSR count). The van der Waals surface area contributed by atoms with Crippen molar-refractivity contribution in [2.45, 2.75) is 24.3 Å². The van der Waals surface area contributed by atoms with E-state index in [9.17, 15) is 14.9 Å². The molecule has 1 N–H and O–H groups in total. The van der Waals surface area contributed by atoms with Gasteiger partial charge in [0, 0.05) is 28.7 Å². The summed E-state index contributed by atoms with van der Waals surface area (Å²) in [5.74, 6) is 2.92. The maximum atomic E-state index is 12.0. The lowest BCUT2D eigenvalue weighted by atomic mass is 10.1. The van der Waals surface area contributed by atoms with Crippen LogP contribution in [-0.4, -0.2) is 32.6 Å². The van der Waals surface area contributed by atoms with Crippen molar-refractivity contribution in [2.75, 3.05) is 11.5 Å². The first-order valence-electron chi connectivity index (χ1n) is 8.31. The monoisotopic (exact) mass is 405 g/mol. The molecule has 2 heterocycles. The highest BCUT2D eigenvalue weighted by Gasteiger charge is 2.32. The van der Waals surface area contributed by atoms with Gasteiger partial charge >= 0.3 is 0 Å². The molecule has 1 aromatic heterocycles. The van der Waals surface area contributed by atoms with E-state index in [1.165, 1.54) is 12.3 Å². The fourth-order valence-corrected chi connectivity index (χ4v) is 5.52. The molecule has 1 saturated heterocycles. The Hall–Kier alpha value is -2.26. The highest BCUT2D eigenvalue weighted by Crippen LogP contribution is 2.45. The molecule has 0 spiro atoms. The Kier molecular flexibility index (Phi) is 5.91. The summed E-state index contributed by atoms with van der Waals surface area (Å²) in [5.41, 5.74) is 3.76.